The van der Waals surface area contributed by atoms with Gasteiger partial charge in [0.2, 0.25) is 0 Å². The van der Waals surface area contributed by atoms with Crippen LogP contribution in [-0.2, 0) is 0 Å². The largest absolute Gasteiger partial charge is 0.478 e. The number of nitrogens with one attached hydrogen (secondary N) is 1. The van der Waals surface area contributed by atoms with Crippen LogP contribution >= 0.6 is 23.2 Å². The van der Waals surface area contributed by atoms with Crippen LogP contribution in [0.1, 0.15) is 0 Å². The van der Waals surface area contributed by atoms with Gasteiger partial charge in [-0.1, -0.05) is 23.2 Å². The minimum atomic E-state index is -1.26. The standard InChI is InChI=1S/C10H7Cl2N3O3/c1-18-9-8(15-10(16)17)13-6-2-4(11)5(12)3-7(6)14-9/h2-3H,1H3,(H,13,15)(H,16,17). The predicted octanol–water partition coefficient (Wildman–Crippen LogP) is 3.04. The molecule has 0 saturated heterocycles. The Kier molecular flexibility index (Phi) is 3.40. The van der Waals surface area contributed by atoms with E-state index in [2.05, 4.69) is 15.3 Å². The Hall–Kier alpha value is -1.79. The van der Waals surface area contributed by atoms with Crippen LogP contribution in [0, 0.1) is 0 Å². The van der Waals surface area contributed by atoms with Gasteiger partial charge in [0.15, 0.2) is 5.82 Å². The summed E-state index contributed by atoms with van der Waals surface area (Å²) in [5, 5.41) is 11.4. The lowest BCUT2D eigenvalue weighted by atomic mass is 10.3. The number of carboxylic acid groups (broad SMARTS) is 1. The molecule has 18 heavy (non-hydrogen) atoms. The molecule has 0 bridgehead atoms. The molecule has 2 aromatic rings. The number of ether oxygens (including phenoxy) is 1. The first-order valence-electron chi connectivity index (χ1n) is 4.72. The number of carbonyl (C=O) groups is 1. The quantitative estimate of drug-likeness (QED) is 0.887. The monoisotopic (exact) mass is 287 g/mol. The average molecular weight is 288 g/mol. The number of nitrogens with zero attached hydrogens (tertiary/aromatic N) is 2. The molecule has 0 atom stereocenters. The Balaban J connectivity index is 2.65. The van der Waals surface area contributed by atoms with E-state index in [9.17, 15) is 4.79 Å². The molecular weight excluding hydrogens is 281 g/mol. The van der Waals surface area contributed by atoms with Crippen molar-refractivity contribution < 1.29 is 14.6 Å². The minimum absolute atomic E-state index is 0.00381. The molecule has 0 aliphatic carbocycles. The third-order valence-electron chi connectivity index (χ3n) is 2.09. The van der Waals surface area contributed by atoms with Gasteiger partial charge in [0.25, 0.3) is 5.88 Å². The van der Waals surface area contributed by atoms with Crippen molar-refractivity contribution in [1.82, 2.24) is 9.97 Å². The first-order valence-corrected chi connectivity index (χ1v) is 5.47. The van der Waals surface area contributed by atoms with E-state index in [-0.39, 0.29) is 11.7 Å². The van der Waals surface area contributed by atoms with Crippen LogP contribution in [0.15, 0.2) is 12.1 Å². The number of rotatable bonds is 2. The highest BCUT2D eigenvalue weighted by atomic mass is 35.5. The predicted molar refractivity (Wildman–Crippen MR) is 67.8 cm³/mol. The third-order valence-corrected chi connectivity index (χ3v) is 2.82. The Labute approximate surface area is 112 Å². The fourth-order valence-corrected chi connectivity index (χ4v) is 1.68. The Morgan fingerprint density at radius 1 is 1.28 bits per heavy atom. The lowest BCUT2D eigenvalue weighted by Crippen LogP contribution is -2.11. The first-order chi connectivity index (χ1) is 8.51. The van der Waals surface area contributed by atoms with Gasteiger partial charge in [0, 0.05) is 0 Å². The summed E-state index contributed by atoms with van der Waals surface area (Å²) >= 11 is 11.7. The molecule has 1 amide bonds. The average Bonchev–Trinajstić information content (AvgIpc) is 2.30. The molecule has 2 rings (SSSR count). The molecule has 94 valence electrons. The maximum absolute atomic E-state index is 10.6. The zero-order valence-electron chi connectivity index (χ0n) is 9.07. The van der Waals surface area contributed by atoms with Crippen LogP contribution in [0.4, 0.5) is 10.6 Å². The summed E-state index contributed by atoms with van der Waals surface area (Å²) in [6.45, 7) is 0. The molecule has 0 unspecified atom stereocenters. The number of methoxy groups -OCH3 is 1. The molecule has 0 saturated carbocycles. The topological polar surface area (TPSA) is 84.3 Å². The van der Waals surface area contributed by atoms with Gasteiger partial charge in [-0.05, 0) is 12.1 Å². The second-order valence-corrected chi connectivity index (χ2v) is 4.08. The maximum atomic E-state index is 10.6. The van der Waals surface area contributed by atoms with Gasteiger partial charge in [-0.15, -0.1) is 0 Å². The van der Waals surface area contributed by atoms with Crippen LogP contribution in [0.25, 0.3) is 11.0 Å². The number of benzene rings is 1. The SMILES string of the molecule is COc1nc2cc(Cl)c(Cl)cc2nc1NC(=O)O. The highest BCUT2D eigenvalue weighted by Crippen LogP contribution is 2.29. The van der Waals surface area contributed by atoms with Crippen LogP contribution < -0.4 is 10.1 Å². The van der Waals surface area contributed by atoms with Gasteiger partial charge in [-0.2, -0.15) is 0 Å². The number of hydrogen-bond donors (Lipinski definition) is 2. The van der Waals surface area contributed by atoms with Crippen LogP contribution in [0.5, 0.6) is 5.88 Å². The zero-order valence-corrected chi connectivity index (χ0v) is 10.6. The van der Waals surface area contributed by atoms with E-state index in [0.717, 1.165) is 0 Å². The normalized spacial score (nSPS) is 10.4. The van der Waals surface area contributed by atoms with Gasteiger partial charge >= 0.3 is 6.09 Å². The number of aromatic nitrogens is 2. The van der Waals surface area contributed by atoms with Crippen molar-refractivity contribution in [3.63, 3.8) is 0 Å². The minimum Gasteiger partial charge on any atom is -0.478 e. The molecule has 0 spiro atoms. The fourth-order valence-electron chi connectivity index (χ4n) is 1.36. The second kappa shape index (κ2) is 4.83. The highest BCUT2D eigenvalue weighted by molar-refractivity contribution is 6.42. The third kappa shape index (κ3) is 2.39. The first kappa shape index (κ1) is 12.7. The molecular formula is C10H7Cl2N3O3. The number of anilines is 1. The van der Waals surface area contributed by atoms with Crippen molar-refractivity contribution in [3.8, 4) is 5.88 Å². The van der Waals surface area contributed by atoms with Crippen molar-refractivity contribution in [3.05, 3.63) is 22.2 Å². The van der Waals surface area contributed by atoms with E-state index in [1.807, 2.05) is 0 Å². The van der Waals surface area contributed by atoms with Gasteiger partial charge in [0.1, 0.15) is 0 Å². The second-order valence-electron chi connectivity index (χ2n) is 3.27. The maximum Gasteiger partial charge on any atom is 0.410 e. The summed E-state index contributed by atoms with van der Waals surface area (Å²) in [6.07, 6.45) is -1.26. The number of halogens is 2. The zero-order chi connectivity index (χ0) is 13.3. The number of amides is 1. The Morgan fingerprint density at radius 3 is 2.33 bits per heavy atom. The molecule has 2 N–H and O–H groups in total. The van der Waals surface area contributed by atoms with Crippen LogP contribution in [-0.4, -0.2) is 28.3 Å². The smallest absolute Gasteiger partial charge is 0.410 e. The van der Waals surface area contributed by atoms with Crippen LogP contribution in [0.3, 0.4) is 0 Å². The lowest BCUT2D eigenvalue weighted by molar-refractivity contribution is 0.209. The molecule has 0 aliphatic heterocycles. The van der Waals surface area contributed by atoms with Crippen molar-refractivity contribution in [2.24, 2.45) is 0 Å². The van der Waals surface area contributed by atoms with E-state index < -0.39 is 6.09 Å². The molecule has 6 nitrogen and oxygen atoms in total. The van der Waals surface area contributed by atoms with E-state index in [4.69, 9.17) is 33.0 Å². The van der Waals surface area contributed by atoms with E-state index in [1.165, 1.54) is 19.2 Å². The molecule has 1 aromatic heterocycles. The fraction of sp³-hybridized carbons (Fsp3) is 0.100. The Bertz CT molecular complexity index is 633. The number of fused-ring (bicyclic) bond motifs is 1. The van der Waals surface area contributed by atoms with Gasteiger partial charge in [0.05, 0.1) is 28.2 Å². The lowest BCUT2D eigenvalue weighted by Gasteiger charge is -2.08. The molecule has 0 radical (unpaired) electrons. The van der Waals surface area contributed by atoms with Gasteiger partial charge in [-0.3, -0.25) is 5.32 Å². The summed E-state index contributed by atoms with van der Waals surface area (Å²) in [6, 6.07) is 3.03. The summed E-state index contributed by atoms with van der Waals surface area (Å²) in [7, 11) is 1.36. The molecule has 0 aliphatic rings. The van der Waals surface area contributed by atoms with Gasteiger partial charge < -0.3 is 9.84 Å². The Morgan fingerprint density at radius 2 is 1.83 bits per heavy atom. The molecule has 8 heteroatoms. The molecule has 1 heterocycles. The molecule has 1 aromatic carbocycles. The van der Waals surface area contributed by atoms with Crippen molar-refractivity contribution in [2.75, 3.05) is 12.4 Å². The van der Waals surface area contributed by atoms with Crippen molar-refractivity contribution in [2.45, 2.75) is 0 Å². The summed E-state index contributed by atoms with van der Waals surface area (Å²) < 4.78 is 4.95. The van der Waals surface area contributed by atoms with Crippen molar-refractivity contribution in [1.29, 1.82) is 0 Å². The van der Waals surface area contributed by atoms with E-state index in [1.54, 1.807) is 0 Å². The van der Waals surface area contributed by atoms with Gasteiger partial charge in [-0.25, -0.2) is 14.8 Å². The van der Waals surface area contributed by atoms with Crippen LogP contribution in [0.2, 0.25) is 10.0 Å². The highest BCUT2D eigenvalue weighted by Gasteiger charge is 2.13. The van der Waals surface area contributed by atoms with E-state index in [0.29, 0.717) is 21.1 Å². The van der Waals surface area contributed by atoms with Crippen molar-refractivity contribution >= 4 is 46.1 Å². The van der Waals surface area contributed by atoms with E-state index >= 15 is 0 Å². The number of hydrogen-bond acceptors (Lipinski definition) is 4. The molecule has 0 fully saturated rings. The summed E-state index contributed by atoms with van der Waals surface area (Å²) in [4.78, 5) is 18.8. The summed E-state index contributed by atoms with van der Waals surface area (Å²) in [5.41, 5.74) is 0.867. The summed E-state index contributed by atoms with van der Waals surface area (Å²) in [5.74, 6) is 0.0548.